The molecule has 0 aromatic heterocycles. The summed E-state index contributed by atoms with van der Waals surface area (Å²) < 4.78 is 11.4. The summed E-state index contributed by atoms with van der Waals surface area (Å²) in [4.78, 5) is 24.1. The van der Waals surface area contributed by atoms with Gasteiger partial charge in [0.05, 0.1) is 23.1 Å². The molecule has 2 bridgehead atoms. The third-order valence-electron chi connectivity index (χ3n) is 9.78. The van der Waals surface area contributed by atoms with Crippen molar-refractivity contribution in [2.24, 2.45) is 34.5 Å². The molecule has 5 fully saturated rings. The second-order valence-electron chi connectivity index (χ2n) is 10.7. The predicted octanol–water partition coefficient (Wildman–Crippen LogP) is 3.64. The Hall–Kier alpha value is -0.460. The van der Waals surface area contributed by atoms with Gasteiger partial charge in [0.1, 0.15) is 6.61 Å². The molecule has 1 heterocycles. The van der Waals surface area contributed by atoms with Crippen LogP contribution >= 0.6 is 15.9 Å². The monoisotopic (exact) mass is 468 g/mol. The zero-order valence-electron chi connectivity index (χ0n) is 17.5. The minimum absolute atomic E-state index is 0.00713. The van der Waals surface area contributed by atoms with Gasteiger partial charge in [-0.15, -0.1) is 0 Å². The fraction of sp³-hybridized carbons (Fsp3) is 0.913. The highest BCUT2D eigenvalue weighted by atomic mass is 79.9. The minimum atomic E-state index is -0.380. The second kappa shape index (κ2) is 6.77. The first-order valence-corrected chi connectivity index (χ1v) is 12.2. The number of ketones is 1. The Kier molecular flexibility index (Phi) is 4.77. The Morgan fingerprint density at radius 2 is 1.97 bits per heavy atom. The first-order chi connectivity index (χ1) is 13.7. The lowest BCUT2D eigenvalue weighted by Gasteiger charge is -2.62. The van der Waals surface area contributed by atoms with E-state index in [1.165, 1.54) is 6.92 Å². The largest absolute Gasteiger partial charge is 0.458 e. The number of Topliss-reactive ketones (excluding diaryl/α,β-unsaturated/α-hetero) is 1. The Balaban J connectivity index is 1.41. The van der Waals surface area contributed by atoms with Gasteiger partial charge in [-0.3, -0.25) is 9.59 Å². The number of carbonyl (C=O) groups is 2. The van der Waals surface area contributed by atoms with Crippen LogP contribution in [0, 0.1) is 34.5 Å². The highest BCUT2D eigenvalue weighted by Crippen LogP contribution is 2.72. The van der Waals surface area contributed by atoms with Gasteiger partial charge in [0.15, 0.2) is 5.78 Å². The molecule has 29 heavy (non-hydrogen) atoms. The zero-order valence-corrected chi connectivity index (χ0v) is 19.1. The van der Waals surface area contributed by atoms with Crippen molar-refractivity contribution in [3.63, 3.8) is 0 Å². The summed E-state index contributed by atoms with van der Waals surface area (Å²) in [7, 11) is 0. The minimum Gasteiger partial charge on any atom is -0.458 e. The maximum Gasteiger partial charge on any atom is 0.303 e. The maximum atomic E-state index is 12.9. The topological polar surface area (TPSA) is 72.8 Å². The van der Waals surface area contributed by atoms with Crippen LogP contribution in [0.4, 0.5) is 0 Å². The van der Waals surface area contributed by atoms with E-state index in [0.717, 1.165) is 58.0 Å². The lowest BCUT2D eigenvalue weighted by molar-refractivity contribution is -0.150. The lowest BCUT2D eigenvalue weighted by Crippen LogP contribution is -2.63. The van der Waals surface area contributed by atoms with Crippen LogP contribution in [0.25, 0.3) is 0 Å². The van der Waals surface area contributed by atoms with Crippen LogP contribution in [0.1, 0.15) is 65.2 Å². The molecule has 0 amide bonds. The van der Waals surface area contributed by atoms with Crippen molar-refractivity contribution < 1.29 is 24.2 Å². The van der Waals surface area contributed by atoms with Gasteiger partial charge in [-0.25, -0.2) is 0 Å². The number of aliphatic hydroxyl groups excluding tert-OH is 1. The molecule has 3 unspecified atom stereocenters. The van der Waals surface area contributed by atoms with Crippen LogP contribution in [0.2, 0.25) is 0 Å². The standard InChI is InChI=1S/C23H33BrO5/c1-13(25)28-11-19(27)18-4-3-16-15-9-20-23(24)10-14(26)5-8-22(23,12-29-20)17(15)6-7-21(16,18)2/h14-18,20,26H,3-12H2,1-2H3/t14-,15?,16?,17?,18+,20-,21-,22-,23-/m0/s1. The number of ether oxygens (including phenoxy) is 2. The quantitative estimate of drug-likeness (QED) is 0.505. The normalized spacial score (nSPS) is 53.0. The van der Waals surface area contributed by atoms with E-state index >= 15 is 0 Å². The highest BCUT2D eigenvalue weighted by Gasteiger charge is 2.72. The van der Waals surface area contributed by atoms with Gasteiger partial charge in [0.2, 0.25) is 0 Å². The number of rotatable bonds is 3. The molecule has 4 aliphatic carbocycles. The van der Waals surface area contributed by atoms with Gasteiger partial charge in [-0.1, -0.05) is 22.9 Å². The molecule has 5 rings (SSSR count). The van der Waals surface area contributed by atoms with Gasteiger partial charge >= 0.3 is 5.97 Å². The van der Waals surface area contributed by atoms with E-state index < -0.39 is 0 Å². The highest BCUT2D eigenvalue weighted by molar-refractivity contribution is 9.10. The predicted molar refractivity (Wildman–Crippen MR) is 110 cm³/mol. The number of halogens is 1. The number of hydrogen-bond donors (Lipinski definition) is 1. The first-order valence-electron chi connectivity index (χ1n) is 11.4. The molecule has 9 atom stereocenters. The van der Waals surface area contributed by atoms with E-state index in [1.54, 1.807) is 0 Å². The van der Waals surface area contributed by atoms with E-state index in [-0.39, 0.29) is 51.6 Å². The smallest absolute Gasteiger partial charge is 0.303 e. The van der Waals surface area contributed by atoms with Crippen molar-refractivity contribution in [2.45, 2.75) is 81.7 Å². The summed E-state index contributed by atoms with van der Waals surface area (Å²) in [5.74, 6) is 1.47. The third kappa shape index (κ3) is 2.70. The van der Waals surface area contributed by atoms with Crippen LogP contribution < -0.4 is 0 Å². The number of alkyl halides is 1. The first kappa shape index (κ1) is 20.4. The number of aliphatic hydroxyl groups is 1. The Labute approximate surface area is 181 Å². The average molecular weight is 469 g/mol. The average Bonchev–Trinajstić information content (AvgIpc) is 3.08. The van der Waals surface area contributed by atoms with Crippen molar-refractivity contribution in [2.75, 3.05) is 13.2 Å². The van der Waals surface area contributed by atoms with Crippen LogP contribution in [-0.2, 0) is 19.1 Å². The molecular weight excluding hydrogens is 436 g/mol. The molecule has 1 N–H and O–H groups in total. The van der Waals surface area contributed by atoms with E-state index in [4.69, 9.17) is 9.47 Å². The summed E-state index contributed by atoms with van der Waals surface area (Å²) >= 11 is 4.13. The van der Waals surface area contributed by atoms with Gasteiger partial charge < -0.3 is 14.6 Å². The number of esters is 1. The van der Waals surface area contributed by atoms with E-state index in [1.807, 2.05) is 0 Å². The molecule has 1 aliphatic heterocycles. The molecule has 5 nitrogen and oxygen atoms in total. The van der Waals surface area contributed by atoms with Crippen molar-refractivity contribution in [3.8, 4) is 0 Å². The molecule has 162 valence electrons. The molecule has 0 aromatic carbocycles. The lowest BCUT2D eigenvalue weighted by atomic mass is 9.44. The Morgan fingerprint density at radius 3 is 2.72 bits per heavy atom. The molecule has 0 radical (unpaired) electrons. The summed E-state index contributed by atoms with van der Waals surface area (Å²) in [5.41, 5.74) is 0.135. The van der Waals surface area contributed by atoms with Gasteiger partial charge in [0.25, 0.3) is 0 Å². The van der Waals surface area contributed by atoms with Gasteiger partial charge in [-0.2, -0.15) is 0 Å². The zero-order chi connectivity index (χ0) is 20.6. The van der Waals surface area contributed by atoms with Crippen LogP contribution in [-0.4, -0.2) is 46.6 Å². The molecule has 0 spiro atoms. The Bertz CT molecular complexity index is 726. The summed E-state index contributed by atoms with van der Waals surface area (Å²) in [6, 6.07) is 0. The van der Waals surface area contributed by atoms with Gasteiger partial charge in [0, 0.05) is 18.3 Å². The molecule has 5 aliphatic rings. The number of hydrogen-bond acceptors (Lipinski definition) is 5. The van der Waals surface area contributed by atoms with E-state index in [2.05, 4.69) is 22.9 Å². The van der Waals surface area contributed by atoms with E-state index in [9.17, 15) is 14.7 Å². The molecule has 4 saturated carbocycles. The number of carbonyl (C=O) groups excluding carboxylic acids is 2. The number of fused-ring (bicyclic) bond motifs is 3. The molecule has 6 heteroatoms. The molecular formula is C23H33BrO5. The van der Waals surface area contributed by atoms with Crippen molar-refractivity contribution in [3.05, 3.63) is 0 Å². The van der Waals surface area contributed by atoms with E-state index in [0.29, 0.717) is 17.8 Å². The summed E-state index contributed by atoms with van der Waals surface area (Å²) in [5, 5.41) is 10.4. The van der Waals surface area contributed by atoms with Gasteiger partial charge in [-0.05, 0) is 74.5 Å². The van der Waals surface area contributed by atoms with Crippen molar-refractivity contribution in [1.82, 2.24) is 0 Å². The Morgan fingerprint density at radius 1 is 1.17 bits per heavy atom. The fourth-order valence-electron chi connectivity index (χ4n) is 8.51. The molecule has 0 aromatic rings. The van der Waals surface area contributed by atoms with Crippen LogP contribution in [0.15, 0.2) is 0 Å². The SMILES string of the molecule is CC(=O)OCC(=O)[C@H]1CCC2C3C[C@@H]4OC[C@@]5(CC[C@H](O)C[C@]45Br)C3CC[C@@]21C. The maximum absolute atomic E-state index is 12.9. The van der Waals surface area contributed by atoms with Crippen molar-refractivity contribution >= 4 is 27.7 Å². The summed E-state index contributed by atoms with van der Waals surface area (Å²) in [6.07, 6.45) is 7.89. The van der Waals surface area contributed by atoms with Crippen molar-refractivity contribution in [1.29, 1.82) is 0 Å². The third-order valence-corrected chi connectivity index (χ3v) is 11.4. The van der Waals surface area contributed by atoms with Crippen LogP contribution in [0.3, 0.4) is 0 Å². The summed E-state index contributed by atoms with van der Waals surface area (Å²) in [6.45, 7) is 4.42. The second-order valence-corrected chi connectivity index (χ2v) is 12.2. The molecule has 1 saturated heterocycles. The fourth-order valence-corrected chi connectivity index (χ4v) is 9.81. The van der Waals surface area contributed by atoms with Crippen LogP contribution in [0.5, 0.6) is 0 Å².